The molecule has 31 heavy (non-hydrogen) atoms. The standard InChI is InChI=1S/C23H30ClN5O.HI/c1-25-23(27-20-9-10-29(17-20)21-7-4-6-19(24)15-21)26-16-18-5-2-3-8-22(18)28-11-13-30-14-12-28;/h2-8,15,20H,9-14,16-17H2,1H3,(H2,25,26,27);1H. The zero-order valence-electron chi connectivity index (χ0n) is 17.9. The third-order valence-corrected chi connectivity index (χ3v) is 5.95. The first-order valence-corrected chi connectivity index (χ1v) is 11.0. The van der Waals surface area contributed by atoms with E-state index in [2.05, 4.69) is 55.8 Å². The van der Waals surface area contributed by atoms with Crippen molar-refractivity contribution in [3.05, 3.63) is 59.1 Å². The summed E-state index contributed by atoms with van der Waals surface area (Å²) in [5, 5.41) is 7.86. The van der Waals surface area contributed by atoms with Crippen LogP contribution in [0.25, 0.3) is 0 Å². The maximum Gasteiger partial charge on any atom is 0.191 e. The van der Waals surface area contributed by atoms with Gasteiger partial charge in [0.15, 0.2) is 5.96 Å². The zero-order chi connectivity index (χ0) is 20.8. The lowest BCUT2D eigenvalue weighted by molar-refractivity contribution is 0.122. The number of halogens is 2. The molecule has 0 aromatic heterocycles. The molecule has 2 fully saturated rings. The summed E-state index contributed by atoms with van der Waals surface area (Å²) < 4.78 is 5.50. The molecule has 2 aromatic carbocycles. The number of para-hydroxylation sites is 1. The Morgan fingerprint density at radius 3 is 2.68 bits per heavy atom. The summed E-state index contributed by atoms with van der Waals surface area (Å²) in [6.07, 6.45) is 1.07. The van der Waals surface area contributed by atoms with E-state index in [9.17, 15) is 0 Å². The van der Waals surface area contributed by atoms with E-state index in [0.717, 1.165) is 63.3 Å². The Balaban J connectivity index is 0.00000272. The lowest BCUT2D eigenvalue weighted by atomic mass is 10.1. The number of benzene rings is 2. The molecule has 2 saturated heterocycles. The summed E-state index contributed by atoms with van der Waals surface area (Å²) in [5.41, 5.74) is 3.72. The molecule has 2 heterocycles. The van der Waals surface area contributed by atoms with Crippen LogP contribution in [-0.2, 0) is 11.3 Å². The number of aliphatic imine (C=N–C) groups is 1. The summed E-state index contributed by atoms with van der Waals surface area (Å²) in [6, 6.07) is 17.0. The Bertz CT molecular complexity index is 875. The van der Waals surface area contributed by atoms with Crippen LogP contribution < -0.4 is 20.4 Å². The third kappa shape index (κ3) is 6.40. The summed E-state index contributed by atoms with van der Waals surface area (Å²) in [4.78, 5) is 9.21. The monoisotopic (exact) mass is 555 g/mol. The number of nitrogens with one attached hydrogen (secondary N) is 2. The number of ether oxygens (including phenoxy) is 1. The van der Waals surface area contributed by atoms with E-state index in [1.165, 1.54) is 16.9 Å². The number of anilines is 2. The van der Waals surface area contributed by atoms with Gasteiger partial charge in [-0.25, -0.2) is 0 Å². The Morgan fingerprint density at radius 1 is 1.10 bits per heavy atom. The van der Waals surface area contributed by atoms with Gasteiger partial charge in [0.2, 0.25) is 0 Å². The highest BCUT2D eigenvalue weighted by Crippen LogP contribution is 2.24. The van der Waals surface area contributed by atoms with Crippen molar-refractivity contribution in [1.82, 2.24) is 10.6 Å². The van der Waals surface area contributed by atoms with Crippen molar-refractivity contribution in [2.75, 3.05) is 56.2 Å². The Hall–Kier alpha value is -1.71. The molecule has 1 atom stereocenters. The van der Waals surface area contributed by atoms with E-state index in [0.29, 0.717) is 6.04 Å². The highest BCUT2D eigenvalue weighted by Gasteiger charge is 2.23. The Morgan fingerprint density at radius 2 is 1.90 bits per heavy atom. The van der Waals surface area contributed by atoms with E-state index < -0.39 is 0 Å². The third-order valence-electron chi connectivity index (χ3n) is 5.72. The molecule has 0 amide bonds. The van der Waals surface area contributed by atoms with Crippen LogP contribution in [0, 0.1) is 0 Å². The smallest absolute Gasteiger partial charge is 0.191 e. The minimum atomic E-state index is 0. The van der Waals surface area contributed by atoms with Crippen LogP contribution >= 0.6 is 35.6 Å². The van der Waals surface area contributed by atoms with Crippen molar-refractivity contribution >= 4 is 52.9 Å². The normalized spacial score (nSPS) is 19.2. The van der Waals surface area contributed by atoms with Gasteiger partial charge >= 0.3 is 0 Å². The number of nitrogens with zero attached hydrogens (tertiary/aromatic N) is 3. The van der Waals surface area contributed by atoms with Gasteiger partial charge in [0, 0.05) is 62.2 Å². The molecule has 0 saturated carbocycles. The van der Waals surface area contributed by atoms with Crippen LogP contribution in [0.5, 0.6) is 0 Å². The average Bonchev–Trinajstić information content (AvgIpc) is 3.26. The summed E-state index contributed by atoms with van der Waals surface area (Å²) >= 11 is 6.15. The SMILES string of the molecule is CN=C(NCc1ccccc1N1CCOCC1)NC1CCN(c2cccc(Cl)c2)C1.I. The van der Waals surface area contributed by atoms with Crippen LogP contribution in [0.4, 0.5) is 11.4 Å². The fourth-order valence-corrected chi connectivity index (χ4v) is 4.31. The van der Waals surface area contributed by atoms with Crippen molar-refractivity contribution in [2.45, 2.75) is 19.0 Å². The molecule has 0 radical (unpaired) electrons. The summed E-state index contributed by atoms with van der Waals surface area (Å²) in [5.74, 6) is 0.838. The van der Waals surface area contributed by atoms with Crippen molar-refractivity contribution < 1.29 is 4.74 Å². The number of hydrogen-bond acceptors (Lipinski definition) is 4. The maximum atomic E-state index is 6.15. The van der Waals surface area contributed by atoms with Gasteiger partial charge in [-0.05, 0) is 36.2 Å². The van der Waals surface area contributed by atoms with Gasteiger partial charge < -0.3 is 25.2 Å². The highest BCUT2D eigenvalue weighted by atomic mass is 127. The quantitative estimate of drug-likeness (QED) is 0.335. The second kappa shape index (κ2) is 11.8. The number of hydrogen-bond donors (Lipinski definition) is 2. The first-order valence-electron chi connectivity index (χ1n) is 10.6. The molecular formula is C23H31ClIN5O. The predicted octanol–water partition coefficient (Wildman–Crippen LogP) is 3.74. The molecule has 2 aliphatic heterocycles. The predicted molar refractivity (Wildman–Crippen MR) is 140 cm³/mol. The van der Waals surface area contributed by atoms with Crippen LogP contribution in [0.3, 0.4) is 0 Å². The van der Waals surface area contributed by atoms with E-state index in [4.69, 9.17) is 16.3 Å². The molecular weight excluding hydrogens is 525 g/mol. The minimum Gasteiger partial charge on any atom is -0.378 e. The van der Waals surface area contributed by atoms with Crippen LogP contribution in [0.15, 0.2) is 53.5 Å². The van der Waals surface area contributed by atoms with E-state index in [1.54, 1.807) is 0 Å². The fraction of sp³-hybridized carbons (Fsp3) is 0.435. The molecule has 4 rings (SSSR count). The van der Waals surface area contributed by atoms with Crippen molar-refractivity contribution in [2.24, 2.45) is 4.99 Å². The summed E-state index contributed by atoms with van der Waals surface area (Å²) in [7, 11) is 1.83. The van der Waals surface area contributed by atoms with Gasteiger partial charge in [-0.3, -0.25) is 4.99 Å². The van der Waals surface area contributed by atoms with E-state index in [-0.39, 0.29) is 24.0 Å². The van der Waals surface area contributed by atoms with Crippen molar-refractivity contribution in [1.29, 1.82) is 0 Å². The summed E-state index contributed by atoms with van der Waals surface area (Å²) in [6.45, 7) is 6.13. The highest BCUT2D eigenvalue weighted by molar-refractivity contribution is 14.0. The minimum absolute atomic E-state index is 0. The van der Waals surface area contributed by atoms with Crippen LogP contribution in [0.1, 0.15) is 12.0 Å². The molecule has 2 aromatic rings. The molecule has 0 spiro atoms. The second-order valence-corrected chi connectivity index (χ2v) is 8.15. The Labute approximate surface area is 207 Å². The van der Waals surface area contributed by atoms with Crippen LogP contribution in [0.2, 0.25) is 5.02 Å². The molecule has 0 aliphatic carbocycles. The molecule has 1 unspecified atom stereocenters. The average molecular weight is 556 g/mol. The van der Waals surface area contributed by atoms with E-state index >= 15 is 0 Å². The first kappa shape index (κ1) is 23.9. The Kier molecular flexibility index (Phi) is 9.10. The number of rotatable bonds is 5. The van der Waals surface area contributed by atoms with Gasteiger partial charge in [-0.2, -0.15) is 0 Å². The molecule has 168 valence electrons. The second-order valence-electron chi connectivity index (χ2n) is 7.71. The molecule has 6 nitrogen and oxygen atoms in total. The molecule has 8 heteroatoms. The molecule has 0 bridgehead atoms. The van der Waals surface area contributed by atoms with Crippen LogP contribution in [-0.4, -0.2) is 58.4 Å². The largest absolute Gasteiger partial charge is 0.378 e. The zero-order valence-corrected chi connectivity index (χ0v) is 21.0. The van der Waals surface area contributed by atoms with Gasteiger partial charge in [-0.1, -0.05) is 35.9 Å². The first-order chi connectivity index (χ1) is 14.7. The fourth-order valence-electron chi connectivity index (χ4n) is 4.13. The molecule has 2 N–H and O–H groups in total. The number of morpholine rings is 1. The van der Waals surface area contributed by atoms with Crippen molar-refractivity contribution in [3.63, 3.8) is 0 Å². The number of guanidine groups is 1. The van der Waals surface area contributed by atoms with Crippen molar-refractivity contribution in [3.8, 4) is 0 Å². The lowest BCUT2D eigenvalue weighted by Gasteiger charge is -2.30. The maximum absolute atomic E-state index is 6.15. The molecule has 2 aliphatic rings. The van der Waals surface area contributed by atoms with Gasteiger partial charge in [0.1, 0.15) is 0 Å². The van der Waals surface area contributed by atoms with Gasteiger partial charge in [0.05, 0.1) is 13.2 Å². The van der Waals surface area contributed by atoms with E-state index in [1.807, 2.05) is 25.2 Å². The lowest BCUT2D eigenvalue weighted by Crippen LogP contribution is -2.44. The van der Waals surface area contributed by atoms with Gasteiger partial charge in [0.25, 0.3) is 0 Å². The topological polar surface area (TPSA) is 52.1 Å². The van der Waals surface area contributed by atoms with Gasteiger partial charge in [-0.15, -0.1) is 24.0 Å².